The summed E-state index contributed by atoms with van der Waals surface area (Å²) in [6.07, 6.45) is 1.51. The minimum Gasteiger partial charge on any atom is -0.368 e. The minimum absolute atomic E-state index is 0.0894. The lowest BCUT2D eigenvalue weighted by atomic mass is 10.2. The van der Waals surface area contributed by atoms with Crippen molar-refractivity contribution in [3.63, 3.8) is 0 Å². The van der Waals surface area contributed by atoms with Gasteiger partial charge in [-0.25, -0.2) is 14.4 Å². The van der Waals surface area contributed by atoms with Crippen LogP contribution in [-0.4, -0.2) is 48.1 Å². The fourth-order valence-electron chi connectivity index (χ4n) is 3.17. The van der Waals surface area contributed by atoms with Crippen LogP contribution >= 0.6 is 0 Å². The number of nitrogens with zero attached hydrogens (tertiary/aromatic N) is 4. The molecule has 130 valence electrons. The van der Waals surface area contributed by atoms with E-state index in [0.29, 0.717) is 11.5 Å². The smallest absolute Gasteiger partial charge is 0.246 e. The molecule has 1 amide bonds. The van der Waals surface area contributed by atoms with Gasteiger partial charge >= 0.3 is 0 Å². The Morgan fingerprint density at radius 2 is 1.76 bits per heavy atom. The molecule has 0 bridgehead atoms. The fraction of sp³-hybridized carbons (Fsp3) is 0.353. The number of carbonyl (C=O) groups is 1. The molecule has 0 spiro atoms. The highest BCUT2D eigenvalue weighted by Gasteiger charge is 2.28. The Balaban J connectivity index is 1.51. The van der Waals surface area contributed by atoms with Gasteiger partial charge in [0.25, 0.3) is 0 Å². The number of amides is 1. The number of aromatic nitrogens is 2. The monoisotopic (exact) mass is 342 g/mol. The Hall–Kier alpha value is -2.90. The van der Waals surface area contributed by atoms with Crippen molar-refractivity contribution in [1.29, 1.82) is 0 Å². The van der Waals surface area contributed by atoms with E-state index in [1.54, 1.807) is 19.1 Å². The van der Waals surface area contributed by atoms with Gasteiger partial charge in [0.2, 0.25) is 5.91 Å². The second-order valence-corrected chi connectivity index (χ2v) is 6.23. The summed E-state index contributed by atoms with van der Waals surface area (Å²) < 4.78 is 13.1. The first-order valence-corrected chi connectivity index (χ1v) is 8.29. The van der Waals surface area contributed by atoms with Crippen LogP contribution < -0.4 is 20.4 Å². The minimum atomic E-state index is -0.314. The molecule has 1 saturated heterocycles. The third kappa shape index (κ3) is 2.95. The van der Waals surface area contributed by atoms with Gasteiger partial charge < -0.3 is 20.4 Å². The third-order valence-electron chi connectivity index (χ3n) is 4.59. The largest absolute Gasteiger partial charge is 0.368 e. The first-order valence-electron chi connectivity index (χ1n) is 8.29. The zero-order valence-electron chi connectivity index (χ0n) is 13.9. The molecular formula is C17H19FN6O. The molecular weight excluding hydrogens is 323 g/mol. The summed E-state index contributed by atoms with van der Waals surface area (Å²) in [5.74, 6) is 1.07. The van der Waals surface area contributed by atoms with Crippen molar-refractivity contribution in [2.45, 2.75) is 13.0 Å². The normalized spacial score (nSPS) is 19.9. The Morgan fingerprint density at radius 3 is 2.48 bits per heavy atom. The lowest BCUT2D eigenvalue weighted by Crippen LogP contribution is -2.47. The molecule has 8 heteroatoms. The SMILES string of the molecule is CC1Nc2ncnc(N3CCN(c4ccc(F)cc4)CC3)c2NC1=O. The molecule has 0 saturated carbocycles. The number of halogens is 1. The number of piperazine rings is 1. The molecule has 2 N–H and O–H groups in total. The molecule has 1 fully saturated rings. The molecule has 4 rings (SSSR count). The molecule has 3 heterocycles. The highest BCUT2D eigenvalue weighted by Crippen LogP contribution is 2.33. The molecule has 0 radical (unpaired) electrons. The lowest BCUT2D eigenvalue weighted by Gasteiger charge is -2.38. The van der Waals surface area contributed by atoms with E-state index in [1.807, 2.05) is 0 Å². The average Bonchev–Trinajstić information content (AvgIpc) is 2.63. The van der Waals surface area contributed by atoms with Crippen LogP contribution in [0, 0.1) is 5.82 Å². The van der Waals surface area contributed by atoms with E-state index in [9.17, 15) is 9.18 Å². The first kappa shape index (κ1) is 15.6. The number of hydrogen-bond acceptors (Lipinski definition) is 6. The summed E-state index contributed by atoms with van der Waals surface area (Å²) in [7, 11) is 0. The quantitative estimate of drug-likeness (QED) is 0.865. The van der Waals surface area contributed by atoms with E-state index in [2.05, 4.69) is 30.4 Å². The second-order valence-electron chi connectivity index (χ2n) is 6.23. The van der Waals surface area contributed by atoms with Crippen LogP contribution in [0.3, 0.4) is 0 Å². The maximum atomic E-state index is 13.1. The van der Waals surface area contributed by atoms with Crippen LogP contribution in [0.4, 0.5) is 27.4 Å². The number of benzene rings is 1. The number of carbonyl (C=O) groups excluding carboxylic acids is 1. The van der Waals surface area contributed by atoms with Gasteiger partial charge in [0, 0.05) is 31.9 Å². The van der Waals surface area contributed by atoms with Gasteiger partial charge in [-0.3, -0.25) is 4.79 Å². The predicted molar refractivity (Wildman–Crippen MR) is 94.6 cm³/mol. The van der Waals surface area contributed by atoms with E-state index in [-0.39, 0.29) is 17.8 Å². The number of rotatable bonds is 2. The molecule has 2 aliphatic heterocycles. The molecule has 1 aromatic heterocycles. The van der Waals surface area contributed by atoms with Crippen LogP contribution in [0.2, 0.25) is 0 Å². The van der Waals surface area contributed by atoms with Gasteiger partial charge in [-0.2, -0.15) is 0 Å². The lowest BCUT2D eigenvalue weighted by molar-refractivity contribution is -0.116. The maximum Gasteiger partial charge on any atom is 0.246 e. The molecule has 0 aliphatic carbocycles. The van der Waals surface area contributed by atoms with Gasteiger partial charge in [-0.15, -0.1) is 0 Å². The topological polar surface area (TPSA) is 73.4 Å². The Kier molecular flexibility index (Phi) is 3.87. The van der Waals surface area contributed by atoms with Crippen LogP contribution in [0.15, 0.2) is 30.6 Å². The highest BCUT2D eigenvalue weighted by atomic mass is 19.1. The van der Waals surface area contributed by atoms with Crippen molar-refractivity contribution in [3.05, 3.63) is 36.4 Å². The van der Waals surface area contributed by atoms with Gasteiger partial charge in [-0.1, -0.05) is 0 Å². The van der Waals surface area contributed by atoms with Crippen molar-refractivity contribution >= 4 is 28.9 Å². The van der Waals surface area contributed by atoms with Crippen LogP contribution in [0.1, 0.15) is 6.92 Å². The number of nitrogens with one attached hydrogen (secondary N) is 2. The molecule has 2 aromatic rings. The van der Waals surface area contributed by atoms with Gasteiger partial charge in [0.15, 0.2) is 11.6 Å². The third-order valence-corrected chi connectivity index (χ3v) is 4.59. The zero-order valence-corrected chi connectivity index (χ0v) is 13.9. The van der Waals surface area contributed by atoms with E-state index in [1.165, 1.54) is 18.5 Å². The molecule has 2 aliphatic rings. The maximum absolute atomic E-state index is 13.1. The highest BCUT2D eigenvalue weighted by molar-refractivity contribution is 6.04. The fourth-order valence-corrected chi connectivity index (χ4v) is 3.17. The Labute approximate surface area is 144 Å². The summed E-state index contributed by atoms with van der Waals surface area (Å²) in [4.78, 5) is 24.9. The number of anilines is 4. The first-order chi connectivity index (χ1) is 12.1. The molecule has 1 unspecified atom stereocenters. The summed E-state index contributed by atoms with van der Waals surface area (Å²) in [6, 6.07) is 6.23. The van der Waals surface area contributed by atoms with Gasteiger partial charge in [0.05, 0.1) is 0 Å². The Bertz CT molecular complexity index is 788. The van der Waals surface area contributed by atoms with E-state index in [0.717, 1.165) is 37.7 Å². The van der Waals surface area contributed by atoms with Crippen LogP contribution in [0.5, 0.6) is 0 Å². The Morgan fingerprint density at radius 1 is 1.08 bits per heavy atom. The molecule has 7 nitrogen and oxygen atoms in total. The van der Waals surface area contributed by atoms with Crippen molar-refractivity contribution < 1.29 is 9.18 Å². The van der Waals surface area contributed by atoms with Crippen molar-refractivity contribution in [2.24, 2.45) is 0 Å². The second kappa shape index (κ2) is 6.19. The molecule has 1 aromatic carbocycles. The number of hydrogen-bond donors (Lipinski definition) is 2. The predicted octanol–water partition coefficient (Wildman–Crippen LogP) is 1.69. The van der Waals surface area contributed by atoms with Crippen molar-refractivity contribution in [2.75, 3.05) is 46.6 Å². The summed E-state index contributed by atoms with van der Waals surface area (Å²) in [5.41, 5.74) is 1.65. The zero-order chi connectivity index (χ0) is 17.4. The van der Waals surface area contributed by atoms with E-state index in [4.69, 9.17) is 0 Å². The number of fused-ring (bicyclic) bond motifs is 1. The van der Waals surface area contributed by atoms with Crippen LogP contribution in [-0.2, 0) is 4.79 Å². The van der Waals surface area contributed by atoms with E-state index < -0.39 is 0 Å². The average molecular weight is 342 g/mol. The van der Waals surface area contributed by atoms with Gasteiger partial charge in [-0.05, 0) is 31.2 Å². The van der Waals surface area contributed by atoms with Crippen LogP contribution in [0.25, 0.3) is 0 Å². The van der Waals surface area contributed by atoms with E-state index >= 15 is 0 Å². The summed E-state index contributed by atoms with van der Waals surface area (Å²) in [5, 5.41) is 5.99. The molecule has 25 heavy (non-hydrogen) atoms. The summed E-state index contributed by atoms with van der Waals surface area (Å²) >= 11 is 0. The summed E-state index contributed by atoms with van der Waals surface area (Å²) in [6.45, 7) is 4.89. The van der Waals surface area contributed by atoms with Gasteiger partial charge in [0.1, 0.15) is 23.9 Å². The molecule has 1 atom stereocenters. The standard InChI is InChI=1S/C17H19FN6O/c1-11-17(25)22-14-15(21-11)19-10-20-16(14)24-8-6-23(7-9-24)13-4-2-12(18)3-5-13/h2-5,10-11H,6-9H2,1H3,(H,22,25)(H,19,20,21). The van der Waals surface area contributed by atoms with Crippen molar-refractivity contribution in [1.82, 2.24) is 9.97 Å². The van der Waals surface area contributed by atoms with Crippen molar-refractivity contribution in [3.8, 4) is 0 Å².